The highest BCUT2D eigenvalue weighted by Gasteiger charge is 2.21. The summed E-state index contributed by atoms with van der Waals surface area (Å²) in [6.45, 7) is 0. The first-order valence-electron chi connectivity index (χ1n) is 14.4. The minimum Gasteiger partial charge on any atom is -0.309 e. The smallest absolute Gasteiger partial charge is 0.0541 e. The Bertz CT molecular complexity index is 2270. The Kier molecular flexibility index (Phi) is 5.20. The Morgan fingerprint density at radius 1 is 0.381 bits per heavy atom. The maximum absolute atomic E-state index is 2.40. The average molecular weight is 552 g/mol. The van der Waals surface area contributed by atoms with Crippen molar-refractivity contribution in [3.8, 4) is 39.1 Å². The molecule has 0 radical (unpaired) electrons. The summed E-state index contributed by atoms with van der Waals surface area (Å²) in [5.41, 5.74) is 11.3. The first-order valence-corrected chi connectivity index (χ1v) is 15.2. The summed E-state index contributed by atoms with van der Waals surface area (Å²) < 4.78 is 2.40. The summed E-state index contributed by atoms with van der Waals surface area (Å²) in [7, 11) is 0. The molecule has 7 aromatic carbocycles. The Morgan fingerprint density at radius 2 is 1.05 bits per heavy atom. The van der Waals surface area contributed by atoms with E-state index in [1.807, 2.05) is 11.8 Å². The van der Waals surface area contributed by atoms with E-state index in [4.69, 9.17) is 0 Å². The molecule has 0 spiro atoms. The maximum Gasteiger partial charge on any atom is 0.0541 e. The monoisotopic (exact) mass is 551 g/mol. The van der Waals surface area contributed by atoms with Crippen molar-refractivity contribution in [3.05, 3.63) is 152 Å². The molecule has 0 atom stereocenters. The normalized spacial score (nSPS) is 12.2. The summed E-state index contributed by atoms with van der Waals surface area (Å²) >= 11 is 1.88. The second-order valence-corrected chi connectivity index (χ2v) is 12.0. The highest BCUT2D eigenvalue weighted by atomic mass is 32.2. The van der Waals surface area contributed by atoms with Crippen LogP contribution in [0.5, 0.6) is 0 Å². The first kappa shape index (κ1) is 23.6. The fourth-order valence-electron chi connectivity index (χ4n) is 6.71. The third kappa shape index (κ3) is 3.52. The fraction of sp³-hybridized carbons (Fsp3) is 0. The van der Waals surface area contributed by atoms with E-state index in [-0.39, 0.29) is 0 Å². The average Bonchev–Trinajstić information content (AvgIpc) is 3.40. The lowest BCUT2D eigenvalue weighted by Crippen LogP contribution is -1.96. The molecule has 1 aromatic heterocycles. The molecule has 0 saturated heterocycles. The maximum atomic E-state index is 2.40. The number of para-hydroxylation sites is 2. The highest BCUT2D eigenvalue weighted by molar-refractivity contribution is 7.99. The Hall–Kier alpha value is -5.05. The van der Waals surface area contributed by atoms with Crippen molar-refractivity contribution in [3.63, 3.8) is 0 Å². The van der Waals surface area contributed by atoms with Gasteiger partial charge in [-0.25, -0.2) is 0 Å². The van der Waals surface area contributed by atoms with Crippen molar-refractivity contribution in [1.82, 2.24) is 4.57 Å². The van der Waals surface area contributed by atoms with Crippen LogP contribution in [0.2, 0.25) is 0 Å². The molecule has 0 amide bonds. The molecule has 42 heavy (non-hydrogen) atoms. The molecule has 0 aliphatic carbocycles. The van der Waals surface area contributed by atoms with E-state index in [2.05, 4.69) is 156 Å². The molecule has 2 heteroatoms. The van der Waals surface area contributed by atoms with E-state index in [1.165, 1.54) is 81.4 Å². The van der Waals surface area contributed by atoms with Gasteiger partial charge in [0.05, 0.1) is 11.0 Å². The molecule has 0 N–H and O–H groups in total. The quantitative estimate of drug-likeness (QED) is 0.211. The van der Waals surface area contributed by atoms with Crippen LogP contribution in [0.3, 0.4) is 0 Å². The summed E-state index contributed by atoms with van der Waals surface area (Å²) in [5, 5.41) is 5.21. The summed E-state index contributed by atoms with van der Waals surface area (Å²) in [6.07, 6.45) is 0. The molecule has 9 rings (SSSR count). The second-order valence-electron chi connectivity index (χ2n) is 10.9. The van der Waals surface area contributed by atoms with Gasteiger partial charge in [-0.3, -0.25) is 0 Å². The van der Waals surface area contributed by atoms with Crippen LogP contribution in [0.4, 0.5) is 0 Å². The Morgan fingerprint density at radius 3 is 1.86 bits per heavy atom. The van der Waals surface area contributed by atoms with E-state index in [1.54, 1.807) is 0 Å². The summed E-state index contributed by atoms with van der Waals surface area (Å²) in [4.78, 5) is 2.64. The fourth-order valence-corrected chi connectivity index (χ4v) is 7.82. The second kappa shape index (κ2) is 9.24. The van der Waals surface area contributed by atoms with Gasteiger partial charge in [-0.05, 0) is 81.2 Å². The Labute approximate surface area is 248 Å². The van der Waals surface area contributed by atoms with Gasteiger partial charge in [0, 0.05) is 31.6 Å². The van der Waals surface area contributed by atoms with E-state index in [0.29, 0.717) is 0 Å². The molecule has 1 nitrogen and oxygen atoms in total. The standard InChI is InChI=1S/C40H25NS/c1-2-10-26(11-3-1)27-20-22-38-35(25-27)34-17-9-16-33-30(21-23-39(42-38)40(33)34)28-12-8-13-29(24-28)41-36-18-6-4-14-31(36)32-15-5-7-19-37(32)41/h1-25H. The third-order valence-corrected chi connectivity index (χ3v) is 9.73. The van der Waals surface area contributed by atoms with Crippen molar-refractivity contribution in [2.24, 2.45) is 0 Å². The predicted molar refractivity (Wildman–Crippen MR) is 179 cm³/mol. The van der Waals surface area contributed by atoms with Gasteiger partial charge < -0.3 is 4.57 Å². The zero-order valence-corrected chi connectivity index (χ0v) is 23.6. The number of hydrogen-bond donors (Lipinski definition) is 0. The lowest BCUT2D eigenvalue weighted by Gasteiger charge is -2.22. The van der Waals surface area contributed by atoms with Crippen molar-refractivity contribution in [2.45, 2.75) is 9.79 Å². The van der Waals surface area contributed by atoms with Crippen LogP contribution in [0.25, 0.3) is 71.6 Å². The van der Waals surface area contributed by atoms with Crippen LogP contribution < -0.4 is 0 Å². The van der Waals surface area contributed by atoms with E-state index >= 15 is 0 Å². The van der Waals surface area contributed by atoms with Gasteiger partial charge in [-0.15, -0.1) is 0 Å². The zero-order valence-electron chi connectivity index (χ0n) is 22.8. The Balaban J connectivity index is 1.23. The molecule has 8 aromatic rings. The van der Waals surface area contributed by atoms with E-state index in [9.17, 15) is 0 Å². The molecule has 1 aliphatic rings. The lowest BCUT2D eigenvalue weighted by atomic mass is 9.91. The van der Waals surface area contributed by atoms with Crippen molar-refractivity contribution < 1.29 is 0 Å². The van der Waals surface area contributed by atoms with Gasteiger partial charge in [0.15, 0.2) is 0 Å². The van der Waals surface area contributed by atoms with Gasteiger partial charge in [0.25, 0.3) is 0 Å². The number of rotatable bonds is 3. The number of hydrogen-bond acceptors (Lipinski definition) is 1. The van der Waals surface area contributed by atoms with Gasteiger partial charge in [-0.2, -0.15) is 0 Å². The lowest BCUT2D eigenvalue weighted by molar-refractivity contribution is 1.18. The molecule has 196 valence electrons. The number of nitrogens with zero attached hydrogens (tertiary/aromatic N) is 1. The topological polar surface area (TPSA) is 4.93 Å². The molecule has 0 fully saturated rings. The van der Waals surface area contributed by atoms with Gasteiger partial charge >= 0.3 is 0 Å². The minimum atomic E-state index is 1.18. The van der Waals surface area contributed by atoms with Gasteiger partial charge in [0.2, 0.25) is 0 Å². The van der Waals surface area contributed by atoms with Crippen LogP contribution in [0.15, 0.2) is 161 Å². The minimum absolute atomic E-state index is 1.18. The van der Waals surface area contributed by atoms with Crippen LogP contribution >= 0.6 is 11.8 Å². The largest absolute Gasteiger partial charge is 0.309 e. The zero-order chi connectivity index (χ0) is 27.6. The SMILES string of the molecule is c1ccc(-c2ccc3c(c2)-c2cccc4c(-c5cccc(-n6c7ccccc7c7ccccc76)c5)ccc(c24)S3)cc1. The van der Waals surface area contributed by atoms with Crippen molar-refractivity contribution in [2.75, 3.05) is 0 Å². The van der Waals surface area contributed by atoms with Gasteiger partial charge in [0.1, 0.15) is 0 Å². The molecule has 0 bridgehead atoms. The summed E-state index contributed by atoms with van der Waals surface area (Å²) in [6, 6.07) is 55.4. The molecule has 0 unspecified atom stereocenters. The molecular formula is C40H25NS. The van der Waals surface area contributed by atoms with Crippen LogP contribution in [-0.2, 0) is 0 Å². The molecule has 1 aliphatic heterocycles. The number of aromatic nitrogens is 1. The number of fused-ring (bicyclic) bond motifs is 5. The first-order chi connectivity index (χ1) is 20.8. The van der Waals surface area contributed by atoms with E-state index in [0.717, 1.165) is 0 Å². The van der Waals surface area contributed by atoms with Gasteiger partial charge in [-0.1, -0.05) is 121 Å². The van der Waals surface area contributed by atoms with Crippen LogP contribution in [0.1, 0.15) is 0 Å². The van der Waals surface area contributed by atoms with E-state index < -0.39 is 0 Å². The summed E-state index contributed by atoms with van der Waals surface area (Å²) in [5.74, 6) is 0. The van der Waals surface area contributed by atoms with Crippen molar-refractivity contribution >= 4 is 44.3 Å². The molecule has 0 saturated carbocycles. The molecular weight excluding hydrogens is 527 g/mol. The molecule has 2 heterocycles. The van der Waals surface area contributed by atoms with Crippen LogP contribution in [-0.4, -0.2) is 4.57 Å². The van der Waals surface area contributed by atoms with Crippen LogP contribution in [0, 0.1) is 0 Å². The van der Waals surface area contributed by atoms with Crippen molar-refractivity contribution in [1.29, 1.82) is 0 Å². The highest BCUT2D eigenvalue weighted by Crippen LogP contribution is 2.50. The third-order valence-electron chi connectivity index (χ3n) is 8.59. The predicted octanol–water partition coefficient (Wildman–Crippen LogP) is 11.4. The number of benzene rings is 7.